The lowest BCUT2D eigenvalue weighted by Gasteiger charge is -2.08. The number of alkyl halides is 3. The predicted molar refractivity (Wildman–Crippen MR) is 75.7 cm³/mol. The van der Waals surface area contributed by atoms with Gasteiger partial charge in [0.2, 0.25) is 0 Å². The van der Waals surface area contributed by atoms with Gasteiger partial charge < -0.3 is 0 Å². The molecule has 2 rings (SSSR count). The van der Waals surface area contributed by atoms with Gasteiger partial charge in [-0.3, -0.25) is 15.5 Å². The van der Waals surface area contributed by atoms with E-state index in [0.29, 0.717) is 18.2 Å². The molecule has 0 aromatic heterocycles. The van der Waals surface area contributed by atoms with Crippen LogP contribution in [0.1, 0.15) is 11.1 Å². The quantitative estimate of drug-likeness (QED) is 0.388. The summed E-state index contributed by atoms with van der Waals surface area (Å²) in [6.07, 6.45) is -3.82. The van der Waals surface area contributed by atoms with E-state index in [1.165, 1.54) is 0 Å². The standard InChI is InChI=1S/C14H8F5N3O2/c15-10-3-1-8(11(16)6-10)7-20-21-12-4-2-9(14(17,18)19)5-13(12)22(23)24/h1-7,21H/b20-7-. The first-order valence-corrected chi connectivity index (χ1v) is 6.28. The molecular weight excluding hydrogens is 337 g/mol. The van der Waals surface area contributed by atoms with Gasteiger partial charge in [0.1, 0.15) is 17.3 Å². The number of hydrogen-bond acceptors (Lipinski definition) is 4. The van der Waals surface area contributed by atoms with Gasteiger partial charge in [-0.05, 0) is 24.3 Å². The van der Waals surface area contributed by atoms with Gasteiger partial charge in [-0.25, -0.2) is 8.78 Å². The van der Waals surface area contributed by atoms with Gasteiger partial charge in [-0.15, -0.1) is 0 Å². The fourth-order valence-electron chi connectivity index (χ4n) is 1.73. The maximum absolute atomic E-state index is 13.4. The number of benzene rings is 2. The van der Waals surface area contributed by atoms with Gasteiger partial charge in [0.15, 0.2) is 0 Å². The summed E-state index contributed by atoms with van der Waals surface area (Å²) in [6, 6.07) is 4.50. The molecule has 0 aliphatic rings. The number of nitro groups is 1. The third-order valence-electron chi connectivity index (χ3n) is 2.87. The zero-order valence-corrected chi connectivity index (χ0v) is 11.6. The summed E-state index contributed by atoms with van der Waals surface area (Å²) >= 11 is 0. The van der Waals surface area contributed by atoms with Crippen molar-refractivity contribution in [2.75, 3.05) is 5.43 Å². The molecule has 1 N–H and O–H groups in total. The summed E-state index contributed by atoms with van der Waals surface area (Å²) in [5.41, 5.74) is -0.295. The van der Waals surface area contributed by atoms with E-state index in [1.807, 2.05) is 0 Å². The lowest BCUT2D eigenvalue weighted by molar-refractivity contribution is -0.384. The van der Waals surface area contributed by atoms with Crippen molar-refractivity contribution >= 4 is 17.6 Å². The number of rotatable bonds is 4. The highest BCUT2D eigenvalue weighted by molar-refractivity contribution is 5.81. The molecule has 0 radical (unpaired) electrons. The highest BCUT2D eigenvalue weighted by Gasteiger charge is 2.33. The molecule has 10 heteroatoms. The molecule has 0 spiro atoms. The Morgan fingerprint density at radius 2 is 1.83 bits per heavy atom. The number of halogens is 5. The van der Waals surface area contributed by atoms with E-state index < -0.39 is 34.0 Å². The molecular formula is C14H8F5N3O2. The van der Waals surface area contributed by atoms with E-state index in [0.717, 1.165) is 24.4 Å². The molecule has 0 saturated heterocycles. The van der Waals surface area contributed by atoms with Crippen LogP contribution in [0.5, 0.6) is 0 Å². The van der Waals surface area contributed by atoms with Gasteiger partial charge in [-0.2, -0.15) is 18.3 Å². The third kappa shape index (κ3) is 4.03. The first-order valence-electron chi connectivity index (χ1n) is 6.28. The molecule has 0 fully saturated rings. The zero-order valence-electron chi connectivity index (χ0n) is 11.6. The van der Waals surface area contributed by atoms with Crippen molar-refractivity contribution < 1.29 is 26.9 Å². The first kappa shape index (κ1) is 17.3. The van der Waals surface area contributed by atoms with Crippen LogP contribution in [0.25, 0.3) is 0 Å². The Balaban J connectivity index is 2.26. The largest absolute Gasteiger partial charge is 0.416 e. The van der Waals surface area contributed by atoms with E-state index >= 15 is 0 Å². The molecule has 5 nitrogen and oxygen atoms in total. The fourth-order valence-corrected chi connectivity index (χ4v) is 1.73. The summed E-state index contributed by atoms with van der Waals surface area (Å²) in [7, 11) is 0. The maximum atomic E-state index is 13.4. The second-order valence-corrected chi connectivity index (χ2v) is 4.52. The minimum absolute atomic E-state index is 0.113. The second kappa shape index (κ2) is 6.60. The molecule has 0 amide bonds. The van der Waals surface area contributed by atoms with E-state index in [4.69, 9.17) is 0 Å². The van der Waals surface area contributed by atoms with Crippen molar-refractivity contribution in [3.05, 3.63) is 69.3 Å². The molecule has 126 valence electrons. The summed E-state index contributed by atoms with van der Waals surface area (Å²) in [4.78, 5) is 9.86. The number of anilines is 1. The van der Waals surface area contributed by atoms with Crippen molar-refractivity contribution in [2.24, 2.45) is 5.10 Å². The Labute approximate surface area is 131 Å². The molecule has 0 heterocycles. The van der Waals surface area contributed by atoms with Crippen LogP contribution in [0.15, 0.2) is 41.5 Å². The smallest absolute Gasteiger partial charge is 0.272 e. The topological polar surface area (TPSA) is 67.5 Å². The molecule has 2 aromatic carbocycles. The van der Waals surface area contributed by atoms with Crippen LogP contribution < -0.4 is 5.43 Å². The monoisotopic (exact) mass is 345 g/mol. The normalized spacial score (nSPS) is 11.7. The van der Waals surface area contributed by atoms with Gasteiger partial charge in [0, 0.05) is 17.7 Å². The van der Waals surface area contributed by atoms with E-state index in [2.05, 4.69) is 10.5 Å². The predicted octanol–water partition coefficient (Wildman–Crippen LogP) is 4.34. The Hall–Kier alpha value is -3.04. The van der Waals surface area contributed by atoms with E-state index in [9.17, 15) is 32.1 Å². The molecule has 0 unspecified atom stereocenters. The number of hydrogen-bond donors (Lipinski definition) is 1. The lowest BCUT2D eigenvalue weighted by atomic mass is 10.1. The lowest BCUT2D eigenvalue weighted by Crippen LogP contribution is -2.06. The second-order valence-electron chi connectivity index (χ2n) is 4.52. The molecule has 0 saturated carbocycles. The molecule has 2 aromatic rings. The summed E-state index contributed by atoms with van der Waals surface area (Å²) in [5.74, 6) is -1.71. The number of nitro benzene ring substituents is 1. The fraction of sp³-hybridized carbons (Fsp3) is 0.0714. The number of nitrogens with zero attached hydrogens (tertiary/aromatic N) is 2. The van der Waals surface area contributed by atoms with Crippen LogP contribution in [0.4, 0.5) is 33.3 Å². The van der Waals surface area contributed by atoms with E-state index in [-0.39, 0.29) is 11.3 Å². The molecule has 0 aliphatic carbocycles. The summed E-state index contributed by atoms with van der Waals surface area (Å²) in [6.45, 7) is 0. The van der Waals surface area contributed by atoms with Crippen LogP contribution in [-0.4, -0.2) is 11.1 Å². The average Bonchev–Trinajstić information content (AvgIpc) is 2.48. The Morgan fingerprint density at radius 3 is 2.42 bits per heavy atom. The molecule has 0 bridgehead atoms. The maximum Gasteiger partial charge on any atom is 0.416 e. The Bertz CT molecular complexity index is 805. The first-order chi connectivity index (χ1) is 11.2. The van der Waals surface area contributed by atoms with Crippen molar-refractivity contribution in [3.63, 3.8) is 0 Å². The van der Waals surface area contributed by atoms with Crippen molar-refractivity contribution in [1.82, 2.24) is 0 Å². The van der Waals surface area contributed by atoms with E-state index in [1.54, 1.807) is 0 Å². The van der Waals surface area contributed by atoms with Gasteiger partial charge in [0.25, 0.3) is 5.69 Å². The SMILES string of the molecule is O=[N+]([O-])c1cc(C(F)(F)F)ccc1N/N=C\c1ccc(F)cc1F. The Morgan fingerprint density at radius 1 is 1.12 bits per heavy atom. The van der Waals surface area contributed by atoms with Crippen molar-refractivity contribution in [3.8, 4) is 0 Å². The highest BCUT2D eigenvalue weighted by Crippen LogP contribution is 2.34. The molecule has 24 heavy (non-hydrogen) atoms. The third-order valence-corrected chi connectivity index (χ3v) is 2.87. The minimum Gasteiger partial charge on any atom is -0.272 e. The van der Waals surface area contributed by atoms with Crippen LogP contribution in [0, 0.1) is 21.7 Å². The van der Waals surface area contributed by atoms with Gasteiger partial charge >= 0.3 is 6.18 Å². The number of nitrogens with one attached hydrogen (secondary N) is 1. The van der Waals surface area contributed by atoms with Crippen molar-refractivity contribution in [1.29, 1.82) is 0 Å². The average molecular weight is 345 g/mol. The minimum atomic E-state index is -4.73. The van der Waals surface area contributed by atoms with Crippen LogP contribution in [0.3, 0.4) is 0 Å². The molecule has 0 aliphatic heterocycles. The Kier molecular flexibility index (Phi) is 4.77. The van der Waals surface area contributed by atoms with Crippen LogP contribution >= 0.6 is 0 Å². The van der Waals surface area contributed by atoms with Crippen LogP contribution in [-0.2, 0) is 6.18 Å². The van der Waals surface area contributed by atoms with Gasteiger partial charge in [-0.1, -0.05) is 0 Å². The number of hydrazone groups is 1. The zero-order chi connectivity index (χ0) is 17.9. The highest BCUT2D eigenvalue weighted by atomic mass is 19.4. The van der Waals surface area contributed by atoms with Gasteiger partial charge in [0.05, 0.1) is 16.7 Å². The van der Waals surface area contributed by atoms with Crippen molar-refractivity contribution in [2.45, 2.75) is 6.18 Å². The summed E-state index contributed by atoms with van der Waals surface area (Å²) < 4.78 is 63.8. The summed E-state index contributed by atoms with van der Waals surface area (Å²) in [5, 5.41) is 14.4. The molecule has 0 atom stereocenters. The van der Waals surface area contributed by atoms with Crippen LogP contribution in [0.2, 0.25) is 0 Å².